The van der Waals surface area contributed by atoms with Crippen molar-refractivity contribution in [2.24, 2.45) is 4.99 Å². The van der Waals surface area contributed by atoms with Gasteiger partial charge in [0.2, 0.25) is 6.41 Å². The molecule has 0 bridgehead atoms. The van der Waals surface area contributed by atoms with Gasteiger partial charge in [-0.25, -0.2) is 0 Å². The number of nitrogens with zero attached hydrogens (tertiary/aromatic N) is 2. The van der Waals surface area contributed by atoms with E-state index in [2.05, 4.69) is 21.3 Å². The fraction of sp³-hybridized carbons (Fsp3) is 0.200. The first-order chi connectivity index (χ1) is 7.40. The number of carbonyl (C=O) groups is 1. The lowest BCUT2D eigenvalue weighted by molar-refractivity contribution is -0.105. The number of aliphatic imine (C=N–C) groups is 1. The van der Waals surface area contributed by atoms with Crippen LogP contribution >= 0.6 is 11.8 Å². The quantitative estimate of drug-likeness (QED) is 0.767. The number of carbonyl (C=O) groups excluding carboxylic acids is 1. The highest BCUT2D eigenvalue weighted by Gasteiger charge is 2.30. The van der Waals surface area contributed by atoms with E-state index in [-0.39, 0.29) is 0 Å². The molecule has 2 heterocycles. The molecule has 0 spiro atoms. The van der Waals surface area contributed by atoms with Crippen LogP contribution in [0.15, 0.2) is 28.1 Å². The molecule has 76 valence electrons. The van der Waals surface area contributed by atoms with Crippen LogP contribution in [0.5, 0.6) is 0 Å². The number of amidine groups is 1. The van der Waals surface area contributed by atoms with Crippen LogP contribution in [0.4, 0.5) is 11.4 Å². The van der Waals surface area contributed by atoms with Crippen LogP contribution in [0.3, 0.4) is 0 Å². The van der Waals surface area contributed by atoms with Gasteiger partial charge in [0, 0.05) is 6.54 Å². The Morgan fingerprint density at radius 2 is 2.47 bits per heavy atom. The monoisotopic (exact) mass is 219 g/mol. The Labute approximate surface area is 91.4 Å². The van der Waals surface area contributed by atoms with Gasteiger partial charge in [-0.1, -0.05) is 6.07 Å². The third-order valence-corrected chi connectivity index (χ3v) is 3.66. The van der Waals surface area contributed by atoms with Crippen molar-refractivity contribution in [3.8, 4) is 0 Å². The standard InChI is InChI=1S/C10H9N3OS/c14-6-12-7-2-1-3-8-9(7)15-10-11-4-5-13(8)10/h1-3,6H,4-5H2,(H,12,14). The van der Waals surface area contributed by atoms with Crippen molar-refractivity contribution in [2.45, 2.75) is 4.90 Å². The number of benzene rings is 1. The van der Waals surface area contributed by atoms with E-state index >= 15 is 0 Å². The molecule has 1 N–H and O–H groups in total. The third kappa shape index (κ3) is 1.23. The van der Waals surface area contributed by atoms with E-state index in [1.807, 2.05) is 12.1 Å². The van der Waals surface area contributed by atoms with Gasteiger partial charge in [0.1, 0.15) is 0 Å². The normalized spacial score (nSPS) is 17.1. The molecule has 1 aromatic rings. The van der Waals surface area contributed by atoms with Gasteiger partial charge in [-0.15, -0.1) is 0 Å². The molecular weight excluding hydrogens is 210 g/mol. The van der Waals surface area contributed by atoms with Crippen molar-refractivity contribution < 1.29 is 4.79 Å². The summed E-state index contributed by atoms with van der Waals surface area (Å²) >= 11 is 1.63. The minimum atomic E-state index is 0.710. The number of amides is 1. The van der Waals surface area contributed by atoms with Gasteiger partial charge in [-0.05, 0) is 23.9 Å². The lowest BCUT2D eigenvalue weighted by Crippen LogP contribution is -2.20. The molecule has 3 rings (SSSR count). The van der Waals surface area contributed by atoms with Gasteiger partial charge in [-0.3, -0.25) is 9.79 Å². The van der Waals surface area contributed by atoms with E-state index in [0.717, 1.165) is 34.5 Å². The highest BCUT2D eigenvalue weighted by atomic mass is 32.2. The lowest BCUT2D eigenvalue weighted by Gasteiger charge is -2.12. The van der Waals surface area contributed by atoms with Crippen LogP contribution in [0.25, 0.3) is 0 Å². The van der Waals surface area contributed by atoms with E-state index in [9.17, 15) is 4.79 Å². The fourth-order valence-electron chi connectivity index (χ4n) is 1.85. The minimum Gasteiger partial charge on any atom is -0.328 e. The summed E-state index contributed by atoms with van der Waals surface area (Å²) in [6, 6.07) is 5.92. The molecule has 0 aliphatic carbocycles. The fourth-order valence-corrected chi connectivity index (χ4v) is 3.01. The second-order valence-electron chi connectivity index (χ2n) is 3.33. The second-order valence-corrected chi connectivity index (χ2v) is 4.31. The average molecular weight is 219 g/mol. The number of hydrogen-bond acceptors (Lipinski definition) is 4. The van der Waals surface area contributed by atoms with Gasteiger partial charge < -0.3 is 10.2 Å². The molecule has 5 heteroatoms. The van der Waals surface area contributed by atoms with Gasteiger partial charge in [-0.2, -0.15) is 0 Å². The molecule has 2 aliphatic heterocycles. The molecule has 0 unspecified atom stereocenters. The van der Waals surface area contributed by atoms with Crippen molar-refractivity contribution in [1.29, 1.82) is 0 Å². The van der Waals surface area contributed by atoms with E-state index < -0.39 is 0 Å². The van der Waals surface area contributed by atoms with E-state index in [1.54, 1.807) is 11.8 Å². The number of fused-ring (bicyclic) bond motifs is 3. The van der Waals surface area contributed by atoms with Gasteiger partial charge >= 0.3 is 0 Å². The highest BCUT2D eigenvalue weighted by Crippen LogP contribution is 2.45. The molecule has 0 radical (unpaired) electrons. The largest absolute Gasteiger partial charge is 0.328 e. The van der Waals surface area contributed by atoms with Gasteiger partial charge in [0.25, 0.3) is 0 Å². The molecule has 1 amide bonds. The van der Waals surface area contributed by atoms with Crippen LogP contribution in [0.1, 0.15) is 0 Å². The number of nitrogens with one attached hydrogen (secondary N) is 1. The minimum absolute atomic E-state index is 0.710. The molecule has 2 aliphatic rings. The molecule has 0 saturated heterocycles. The Balaban J connectivity index is 2.09. The summed E-state index contributed by atoms with van der Waals surface area (Å²) in [5.74, 6) is 0. The summed E-state index contributed by atoms with van der Waals surface area (Å²) in [4.78, 5) is 18.2. The average Bonchev–Trinajstić information content (AvgIpc) is 2.79. The number of hydrogen-bond donors (Lipinski definition) is 1. The van der Waals surface area contributed by atoms with Crippen LogP contribution in [-0.4, -0.2) is 24.7 Å². The molecule has 0 aromatic heterocycles. The first-order valence-corrected chi connectivity index (χ1v) is 5.55. The first kappa shape index (κ1) is 8.79. The molecule has 1 aromatic carbocycles. The maximum absolute atomic E-state index is 10.5. The molecule has 0 fully saturated rings. The summed E-state index contributed by atoms with van der Waals surface area (Å²) < 4.78 is 0. The summed E-state index contributed by atoms with van der Waals surface area (Å²) in [5, 5.41) is 3.76. The second kappa shape index (κ2) is 3.27. The predicted octanol–water partition coefficient (Wildman–Crippen LogP) is 1.54. The maximum Gasteiger partial charge on any atom is 0.211 e. The Kier molecular flexibility index (Phi) is 1.92. The van der Waals surface area contributed by atoms with Crippen molar-refractivity contribution >= 4 is 34.7 Å². The van der Waals surface area contributed by atoms with Crippen LogP contribution < -0.4 is 10.2 Å². The van der Waals surface area contributed by atoms with E-state index in [0.29, 0.717) is 6.41 Å². The summed E-state index contributed by atoms with van der Waals surface area (Å²) in [5.41, 5.74) is 2.02. The Hall–Kier alpha value is -1.49. The SMILES string of the molecule is O=CNc1cccc2c1SC1=NCCN12. The first-order valence-electron chi connectivity index (χ1n) is 4.73. The Bertz CT molecular complexity index is 458. The zero-order valence-electron chi connectivity index (χ0n) is 7.93. The van der Waals surface area contributed by atoms with E-state index in [4.69, 9.17) is 0 Å². The van der Waals surface area contributed by atoms with Crippen LogP contribution in [0, 0.1) is 0 Å². The topological polar surface area (TPSA) is 44.7 Å². The highest BCUT2D eigenvalue weighted by molar-refractivity contribution is 8.15. The zero-order chi connectivity index (χ0) is 10.3. The van der Waals surface area contributed by atoms with Crippen molar-refractivity contribution in [1.82, 2.24) is 0 Å². The number of anilines is 2. The van der Waals surface area contributed by atoms with Crippen molar-refractivity contribution in [2.75, 3.05) is 23.3 Å². The molecule has 0 saturated carbocycles. The molecule has 4 nitrogen and oxygen atoms in total. The van der Waals surface area contributed by atoms with Crippen molar-refractivity contribution in [3.63, 3.8) is 0 Å². The Morgan fingerprint density at radius 1 is 1.53 bits per heavy atom. The number of rotatable bonds is 2. The van der Waals surface area contributed by atoms with Crippen LogP contribution in [-0.2, 0) is 4.79 Å². The third-order valence-electron chi connectivity index (χ3n) is 2.49. The molecular formula is C10H9N3OS. The van der Waals surface area contributed by atoms with Crippen LogP contribution in [0.2, 0.25) is 0 Å². The predicted molar refractivity (Wildman–Crippen MR) is 61.6 cm³/mol. The van der Waals surface area contributed by atoms with Gasteiger partial charge in [0.15, 0.2) is 5.17 Å². The van der Waals surface area contributed by atoms with Crippen molar-refractivity contribution in [3.05, 3.63) is 18.2 Å². The smallest absolute Gasteiger partial charge is 0.211 e. The number of thioether (sulfide) groups is 1. The summed E-state index contributed by atoms with van der Waals surface area (Å²) in [6.07, 6.45) is 0.710. The lowest BCUT2D eigenvalue weighted by atomic mass is 10.2. The maximum atomic E-state index is 10.5. The Morgan fingerprint density at radius 3 is 3.33 bits per heavy atom. The summed E-state index contributed by atoms with van der Waals surface area (Å²) in [7, 11) is 0. The van der Waals surface area contributed by atoms with E-state index in [1.165, 1.54) is 0 Å². The zero-order valence-corrected chi connectivity index (χ0v) is 8.75. The molecule has 15 heavy (non-hydrogen) atoms. The summed E-state index contributed by atoms with van der Waals surface area (Å²) in [6.45, 7) is 1.81. The van der Waals surface area contributed by atoms with Gasteiger partial charge in [0.05, 0.1) is 22.8 Å². The molecule has 0 atom stereocenters.